The van der Waals surface area contributed by atoms with Crippen molar-refractivity contribution in [1.82, 2.24) is 0 Å². The maximum absolute atomic E-state index is 11.1. The fourth-order valence-corrected chi connectivity index (χ4v) is 2.46. The largest absolute Gasteiger partial charge is 0.480 e. The standard InChI is InChI=1S/C13H10O5S/c14-11(15)7-18-9-6-10(19-12(9)13(16)17)8-4-2-1-3-5-8/h1-6H,7H2,(H,14,15)(H,16,17). The van der Waals surface area contributed by atoms with Crippen LogP contribution in [0.4, 0.5) is 0 Å². The summed E-state index contributed by atoms with van der Waals surface area (Å²) >= 11 is 1.05. The van der Waals surface area contributed by atoms with Crippen molar-refractivity contribution in [1.29, 1.82) is 0 Å². The summed E-state index contributed by atoms with van der Waals surface area (Å²) in [6, 6.07) is 10.8. The molecule has 1 aromatic carbocycles. The van der Waals surface area contributed by atoms with E-state index < -0.39 is 18.5 Å². The van der Waals surface area contributed by atoms with E-state index in [1.54, 1.807) is 6.07 Å². The van der Waals surface area contributed by atoms with Crippen molar-refractivity contribution in [3.8, 4) is 16.2 Å². The number of carboxylic acids is 2. The minimum absolute atomic E-state index is 0.0000954. The van der Waals surface area contributed by atoms with Crippen LogP contribution in [0.5, 0.6) is 5.75 Å². The van der Waals surface area contributed by atoms with Gasteiger partial charge in [-0.15, -0.1) is 11.3 Å². The lowest BCUT2D eigenvalue weighted by atomic mass is 10.2. The second kappa shape index (κ2) is 5.53. The van der Waals surface area contributed by atoms with Crippen molar-refractivity contribution < 1.29 is 24.5 Å². The number of aliphatic carboxylic acids is 1. The highest BCUT2D eigenvalue weighted by molar-refractivity contribution is 7.17. The summed E-state index contributed by atoms with van der Waals surface area (Å²) in [6.07, 6.45) is 0. The first-order valence-electron chi connectivity index (χ1n) is 5.35. The van der Waals surface area contributed by atoms with E-state index in [1.807, 2.05) is 30.3 Å². The van der Waals surface area contributed by atoms with E-state index in [9.17, 15) is 9.59 Å². The third-order valence-corrected chi connectivity index (χ3v) is 3.46. The molecule has 0 amide bonds. The number of benzene rings is 1. The molecule has 98 valence electrons. The summed E-state index contributed by atoms with van der Waals surface area (Å²) < 4.78 is 4.99. The van der Waals surface area contributed by atoms with Crippen molar-refractivity contribution >= 4 is 23.3 Å². The molecule has 5 nitrogen and oxygen atoms in total. The smallest absolute Gasteiger partial charge is 0.349 e. The number of thiophene rings is 1. The SMILES string of the molecule is O=C(O)COc1cc(-c2ccccc2)sc1C(=O)O. The highest BCUT2D eigenvalue weighted by Gasteiger charge is 2.18. The van der Waals surface area contributed by atoms with Gasteiger partial charge in [-0.3, -0.25) is 0 Å². The van der Waals surface area contributed by atoms with Crippen LogP contribution in [0, 0.1) is 0 Å². The average Bonchev–Trinajstić information content (AvgIpc) is 2.81. The number of hydrogen-bond acceptors (Lipinski definition) is 4. The molecule has 0 radical (unpaired) electrons. The Morgan fingerprint density at radius 1 is 1.16 bits per heavy atom. The molecule has 0 spiro atoms. The second-order valence-corrected chi connectivity index (χ2v) is 4.71. The molecule has 0 unspecified atom stereocenters. The van der Waals surface area contributed by atoms with Gasteiger partial charge in [0.25, 0.3) is 0 Å². The van der Waals surface area contributed by atoms with Crippen molar-refractivity contribution in [3.63, 3.8) is 0 Å². The van der Waals surface area contributed by atoms with Crippen LogP contribution >= 0.6 is 11.3 Å². The van der Waals surface area contributed by atoms with E-state index in [0.717, 1.165) is 21.8 Å². The molecule has 0 aliphatic rings. The number of carboxylic acid groups (broad SMARTS) is 2. The van der Waals surface area contributed by atoms with Gasteiger partial charge in [0.15, 0.2) is 11.5 Å². The molecule has 19 heavy (non-hydrogen) atoms. The van der Waals surface area contributed by atoms with Gasteiger partial charge in [0.1, 0.15) is 5.75 Å². The summed E-state index contributed by atoms with van der Waals surface area (Å²) in [6.45, 7) is -0.564. The molecule has 2 aromatic rings. The average molecular weight is 278 g/mol. The predicted octanol–water partition coefficient (Wildman–Crippen LogP) is 2.58. The van der Waals surface area contributed by atoms with E-state index in [-0.39, 0.29) is 10.6 Å². The summed E-state index contributed by atoms with van der Waals surface area (Å²) in [5.74, 6) is -2.20. The third kappa shape index (κ3) is 3.11. The van der Waals surface area contributed by atoms with Gasteiger partial charge in [-0.25, -0.2) is 9.59 Å². The fraction of sp³-hybridized carbons (Fsp3) is 0.0769. The summed E-state index contributed by atoms with van der Waals surface area (Å²) in [7, 11) is 0. The van der Waals surface area contributed by atoms with Gasteiger partial charge in [0.2, 0.25) is 0 Å². The highest BCUT2D eigenvalue weighted by Crippen LogP contribution is 2.36. The van der Waals surface area contributed by atoms with Crippen molar-refractivity contribution in [2.45, 2.75) is 0 Å². The Kier molecular flexibility index (Phi) is 3.82. The van der Waals surface area contributed by atoms with Crippen LogP contribution < -0.4 is 4.74 Å². The minimum Gasteiger partial charge on any atom is -0.480 e. The first-order valence-corrected chi connectivity index (χ1v) is 6.16. The van der Waals surface area contributed by atoms with Crippen molar-refractivity contribution in [2.24, 2.45) is 0 Å². The zero-order valence-electron chi connectivity index (χ0n) is 9.70. The van der Waals surface area contributed by atoms with Crippen LogP contribution in [0.3, 0.4) is 0 Å². The minimum atomic E-state index is -1.15. The topological polar surface area (TPSA) is 83.8 Å². The lowest BCUT2D eigenvalue weighted by Gasteiger charge is -2.00. The molecule has 0 bridgehead atoms. The first kappa shape index (κ1) is 13.1. The van der Waals surface area contributed by atoms with Crippen molar-refractivity contribution in [2.75, 3.05) is 6.61 Å². The number of rotatable bonds is 5. The maximum atomic E-state index is 11.1. The maximum Gasteiger partial charge on any atom is 0.349 e. The molecular formula is C13H10O5S. The van der Waals surface area contributed by atoms with Crippen LogP contribution in [0.15, 0.2) is 36.4 Å². The molecule has 1 heterocycles. The quantitative estimate of drug-likeness (QED) is 0.878. The van der Waals surface area contributed by atoms with Gasteiger partial charge < -0.3 is 14.9 Å². The fourth-order valence-electron chi connectivity index (χ4n) is 1.51. The molecule has 0 aliphatic carbocycles. The van der Waals surface area contributed by atoms with Gasteiger partial charge in [0.05, 0.1) is 0 Å². The Balaban J connectivity index is 2.35. The first-order chi connectivity index (χ1) is 9.08. The third-order valence-electron chi connectivity index (χ3n) is 2.30. The molecule has 1 aromatic heterocycles. The number of aromatic carboxylic acids is 1. The van der Waals surface area contributed by atoms with Crippen LogP contribution in [-0.2, 0) is 4.79 Å². The molecule has 6 heteroatoms. The normalized spacial score (nSPS) is 10.1. The van der Waals surface area contributed by atoms with E-state index in [1.165, 1.54) is 0 Å². The number of ether oxygens (including phenoxy) is 1. The van der Waals surface area contributed by atoms with E-state index in [0.29, 0.717) is 0 Å². The summed E-state index contributed by atoms with van der Waals surface area (Å²) in [4.78, 5) is 22.3. The molecule has 0 fully saturated rings. The summed E-state index contributed by atoms with van der Waals surface area (Å²) in [5, 5.41) is 17.6. The molecule has 0 aliphatic heterocycles. The van der Waals surface area contributed by atoms with Crippen LogP contribution in [-0.4, -0.2) is 28.8 Å². The van der Waals surface area contributed by atoms with E-state index >= 15 is 0 Å². The Morgan fingerprint density at radius 3 is 2.42 bits per heavy atom. The van der Waals surface area contributed by atoms with Crippen LogP contribution in [0.1, 0.15) is 9.67 Å². The lowest BCUT2D eigenvalue weighted by Crippen LogP contribution is -2.10. The predicted molar refractivity (Wildman–Crippen MR) is 69.8 cm³/mol. The molecule has 0 saturated heterocycles. The Hall–Kier alpha value is -2.34. The van der Waals surface area contributed by atoms with E-state index in [2.05, 4.69) is 0 Å². The molecule has 0 saturated carbocycles. The van der Waals surface area contributed by atoms with Gasteiger partial charge in [-0.1, -0.05) is 30.3 Å². The summed E-state index contributed by atoms with van der Waals surface area (Å²) in [5.41, 5.74) is 0.861. The molecular weight excluding hydrogens is 268 g/mol. The zero-order chi connectivity index (χ0) is 13.8. The van der Waals surface area contributed by atoms with Gasteiger partial charge in [0, 0.05) is 4.88 Å². The Labute approximate surface area is 112 Å². The highest BCUT2D eigenvalue weighted by atomic mass is 32.1. The molecule has 2 rings (SSSR count). The van der Waals surface area contributed by atoms with Crippen LogP contribution in [0.25, 0.3) is 10.4 Å². The number of carbonyl (C=O) groups is 2. The monoisotopic (exact) mass is 278 g/mol. The number of hydrogen-bond donors (Lipinski definition) is 2. The Bertz CT molecular complexity index is 603. The van der Waals surface area contributed by atoms with Gasteiger partial charge in [-0.05, 0) is 11.6 Å². The van der Waals surface area contributed by atoms with E-state index in [4.69, 9.17) is 14.9 Å². The lowest BCUT2D eigenvalue weighted by molar-refractivity contribution is -0.139. The zero-order valence-corrected chi connectivity index (χ0v) is 10.5. The second-order valence-electron chi connectivity index (χ2n) is 3.66. The van der Waals surface area contributed by atoms with Gasteiger partial charge >= 0.3 is 11.9 Å². The molecule has 2 N–H and O–H groups in total. The molecule has 0 atom stereocenters. The van der Waals surface area contributed by atoms with Crippen LogP contribution in [0.2, 0.25) is 0 Å². The van der Waals surface area contributed by atoms with Gasteiger partial charge in [-0.2, -0.15) is 0 Å². The Morgan fingerprint density at radius 2 is 1.84 bits per heavy atom. The van der Waals surface area contributed by atoms with Crippen molar-refractivity contribution in [3.05, 3.63) is 41.3 Å².